The average molecular weight is 459 g/mol. The maximum atomic E-state index is 12.8. The molecule has 2 aromatic heterocycles. The Labute approximate surface area is 162 Å². The summed E-state index contributed by atoms with van der Waals surface area (Å²) in [6.07, 6.45) is -4.67. The summed E-state index contributed by atoms with van der Waals surface area (Å²) in [5, 5.41) is 5.95. The molecule has 0 aliphatic carbocycles. The number of carbonyl (C=O) groups excluding carboxylic acids is 1. The summed E-state index contributed by atoms with van der Waals surface area (Å²) in [5.74, 6) is -0.945. The Bertz CT molecular complexity index is 1060. The number of aromatic nitrogens is 3. The molecular formula is C16H10BrF3N4O2S. The molecule has 1 N–H and O–H groups in total. The number of aryl methyl sites for hydroxylation is 1. The van der Waals surface area contributed by atoms with Crippen LogP contribution in [0.3, 0.4) is 0 Å². The summed E-state index contributed by atoms with van der Waals surface area (Å²) in [7, 11) is 0. The number of para-hydroxylation sites is 1. The number of anilines is 1. The standard InChI is InChI=1S/C16H10BrF3N4O2S/c1-8-7-10(25)11(23-24(8)9-5-3-2-4-6-9)14(26)22-15-21-12(13(17)27-15)16(18,19)20/h2-7H,1H3,(H,21,22,26). The highest BCUT2D eigenvalue weighted by Gasteiger charge is 2.37. The van der Waals surface area contributed by atoms with Gasteiger partial charge in [0.05, 0.1) is 5.69 Å². The molecule has 0 aliphatic rings. The summed E-state index contributed by atoms with van der Waals surface area (Å²) in [5.41, 5.74) is -1.13. The predicted octanol–water partition coefficient (Wildman–Crippen LogP) is 4.03. The van der Waals surface area contributed by atoms with Gasteiger partial charge in [-0.1, -0.05) is 29.5 Å². The first-order chi connectivity index (χ1) is 12.7. The molecule has 0 saturated carbocycles. The lowest BCUT2D eigenvalue weighted by atomic mass is 10.2. The second-order valence-electron chi connectivity index (χ2n) is 5.34. The van der Waals surface area contributed by atoms with Crippen LogP contribution >= 0.6 is 27.3 Å². The molecule has 1 aromatic carbocycles. The fourth-order valence-corrected chi connectivity index (χ4v) is 3.70. The topological polar surface area (TPSA) is 76.9 Å². The molecule has 0 aliphatic heterocycles. The van der Waals surface area contributed by atoms with Crippen LogP contribution < -0.4 is 10.7 Å². The largest absolute Gasteiger partial charge is 0.435 e. The summed E-state index contributed by atoms with van der Waals surface area (Å²) in [6.45, 7) is 1.65. The smallest absolute Gasteiger partial charge is 0.296 e. The number of rotatable bonds is 3. The number of halogens is 4. The Morgan fingerprint density at radius 3 is 2.52 bits per heavy atom. The zero-order valence-corrected chi connectivity index (χ0v) is 15.9. The first-order valence-corrected chi connectivity index (χ1v) is 8.99. The van der Waals surface area contributed by atoms with Gasteiger partial charge in [-0.25, -0.2) is 9.67 Å². The summed E-state index contributed by atoms with van der Waals surface area (Å²) < 4.78 is 39.5. The maximum Gasteiger partial charge on any atom is 0.435 e. The van der Waals surface area contributed by atoms with E-state index in [-0.39, 0.29) is 8.92 Å². The molecular weight excluding hydrogens is 449 g/mol. The average Bonchev–Trinajstić information content (AvgIpc) is 2.96. The lowest BCUT2D eigenvalue weighted by molar-refractivity contribution is -0.141. The zero-order chi connectivity index (χ0) is 19.8. The fraction of sp³-hybridized carbons (Fsp3) is 0.125. The minimum Gasteiger partial charge on any atom is -0.296 e. The number of nitrogens with zero attached hydrogens (tertiary/aromatic N) is 3. The second-order valence-corrected chi connectivity index (χ2v) is 7.66. The number of carbonyl (C=O) groups is 1. The Morgan fingerprint density at radius 2 is 1.93 bits per heavy atom. The van der Waals surface area contributed by atoms with Crippen molar-refractivity contribution in [1.29, 1.82) is 0 Å². The zero-order valence-electron chi connectivity index (χ0n) is 13.5. The van der Waals surface area contributed by atoms with Crippen molar-refractivity contribution in [2.75, 3.05) is 5.32 Å². The van der Waals surface area contributed by atoms with Crippen LogP contribution in [0.5, 0.6) is 0 Å². The summed E-state index contributed by atoms with van der Waals surface area (Å²) >= 11 is 3.36. The number of hydrogen-bond acceptors (Lipinski definition) is 5. The molecule has 2 heterocycles. The normalized spacial score (nSPS) is 11.4. The van der Waals surface area contributed by atoms with Crippen LogP contribution in [0.4, 0.5) is 18.3 Å². The van der Waals surface area contributed by atoms with E-state index in [2.05, 4.69) is 31.3 Å². The van der Waals surface area contributed by atoms with Crippen molar-refractivity contribution in [3.05, 3.63) is 67.5 Å². The monoisotopic (exact) mass is 458 g/mol. The van der Waals surface area contributed by atoms with E-state index in [0.29, 0.717) is 22.7 Å². The SMILES string of the molecule is Cc1cc(=O)c(C(=O)Nc2nc(C(F)(F)F)c(Br)s2)nn1-c1ccccc1. The van der Waals surface area contributed by atoms with Crippen molar-refractivity contribution in [2.45, 2.75) is 13.1 Å². The fourth-order valence-electron chi connectivity index (χ4n) is 2.22. The van der Waals surface area contributed by atoms with Crippen LogP contribution in [0.1, 0.15) is 21.9 Å². The molecule has 3 aromatic rings. The molecule has 140 valence electrons. The molecule has 0 bridgehead atoms. The minimum atomic E-state index is -4.67. The van der Waals surface area contributed by atoms with Crippen molar-refractivity contribution >= 4 is 38.3 Å². The van der Waals surface area contributed by atoms with E-state index in [0.717, 1.165) is 0 Å². The molecule has 6 nitrogen and oxygen atoms in total. The Kier molecular flexibility index (Phi) is 5.16. The van der Waals surface area contributed by atoms with E-state index in [1.807, 2.05) is 0 Å². The van der Waals surface area contributed by atoms with Crippen LogP contribution in [-0.2, 0) is 6.18 Å². The molecule has 0 saturated heterocycles. The molecule has 0 atom stereocenters. The lowest BCUT2D eigenvalue weighted by Gasteiger charge is -2.10. The van der Waals surface area contributed by atoms with Crippen molar-refractivity contribution in [3.8, 4) is 5.69 Å². The third-order valence-electron chi connectivity index (χ3n) is 3.40. The van der Waals surface area contributed by atoms with Gasteiger partial charge in [0, 0.05) is 11.8 Å². The Balaban J connectivity index is 1.95. The van der Waals surface area contributed by atoms with Gasteiger partial charge in [0.1, 0.15) is 3.79 Å². The van der Waals surface area contributed by atoms with Gasteiger partial charge in [-0.3, -0.25) is 14.9 Å². The number of amides is 1. The molecule has 0 fully saturated rings. The highest BCUT2D eigenvalue weighted by atomic mass is 79.9. The first kappa shape index (κ1) is 19.2. The van der Waals surface area contributed by atoms with E-state index in [4.69, 9.17) is 0 Å². The predicted molar refractivity (Wildman–Crippen MR) is 97.3 cm³/mol. The number of hydrogen-bond donors (Lipinski definition) is 1. The van der Waals surface area contributed by atoms with Gasteiger partial charge >= 0.3 is 6.18 Å². The van der Waals surface area contributed by atoms with Gasteiger partial charge < -0.3 is 0 Å². The van der Waals surface area contributed by atoms with E-state index in [9.17, 15) is 22.8 Å². The molecule has 1 amide bonds. The first-order valence-electron chi connectivity index (χ1n) is 7.38. The molecule has 0 spiro atoms. The maximum absolute atomic E-state index is 12.8. The van der Waals surface area contributed by atoms with Gasteiger partial charge in [0.15, 0.2) is 16.5 Å². The lowest BCUT2D eigenvalue weighted by Crippen LogP contribution is -2.26. The molecule has 0 radical (unpaired) electrons. The third kappa shape index (κ3) is 4.08. The van der Waals surface area contributed by atoms with Crippen LogP contribution in [-0.4, -0.2) is 20.7 Å². The van der Waals surface area contributed by atoms with Crippen molar-refractivity contribution in [2.24, 2.45) is 0 Å². The third-order valence-corrected chi connectivity index (χ3v) is 5.02. The number of benzene rings is 1. The van der Waals surface area contributed by atoms with Crippen molar-refractivity contribution in [1.82, 2.24) is 14.8 Å². The highest BCUT2D eigenvalue weighted by molar-refractivity contribution is 9.11. The van der Waals surface area contributed by atoms with Crippen LogP contribution in [0.15, 0.2) is 45.0 Å². The van der Waals surface area contributed by atoms with Crippen LogP contribution in [0.25, 0.3) is 5.69 Å². The van der Waals surface area contributed by atoms with Gasteiger partial charge in [0.2, 0.25) is 5.43 Å². The van der Waals surface area contributed by atoms with Crippen molar-refractivity contribution in [3.63, 3.8) is 0 Å². The molecule has 0 unspecified atom stereocenters. The minimum absolute atomic E-state index is 0.274. The van der Waals surface area contributed by atoms with Gasteiger partial charge in [-0.05, 0) is 35.0 Å². The highest BCUT2D eigenvalue weighted by Crippen LogP contribution is 2.39. The Morgan fingerprint density at radius 1 is 1.26 bits per heavy atom. The van der Waals surface area contributed by atoms with Gasteiger partial charge in [-0.15, -0.1) is 0 Å². The second kappa shape index (κ2) is 7.24. The number of thiazole rings is 1. The van der Waals surface area contributed by atoms with Crippen LogP contribution in [0.2, 0.25) is 0 Å². The summed E-state index contributed by atoms with van der Waals surface area (Å²) in [6, 6.07) is 10.0. The van der Waals surface area contributed by atoms with Gasteiger partial charge in [-0.2, -0.15) is 18.3 Å². The number of nitrogens with one attached hydrogen (secondary N) is 1. The van der Waals surface area contributed by atoms with Gasteiger partial charge in [0.25, 0.3) is 5.91 Å². The summed E-state index contributed by atoms with van der Waals surface area (Å²) in [4.78, 5) is 27.9. The van der Waals surface area contributed by atoms with Crippen LogP contribution in [0, 0.1) is 6.92 Å². The van der Waals surface area contributed by atoms with E-state index in [1.54, 1.807) is 37.3 Å². The molecule has 27 heavy (non-hydrogen) atoms. The number of alkyl halides is 3. The van der Waals surface area contributed by atoms with Crippen molar-refractivity contribution < 1.29 is 18.0 Å². The molecule has 3 rings (SSSR count). The Hall–Kier alpha value is -2.53. The van der Waals surface area contributed by atoms with E-state index in [1.165, 1.54) is 10.7 Å². The quantitative estimate of drug-likeness (QED) is 0.642. The molecule has 11 heteroatoms. The van der Waals surface area contributed by atoms with E-state index < -0.39 is 28.9 Å². The van der Waals surface area contributed by atoms with E-state index >= 15 is 0 Å².